The number of methoxy groups -OCH3 is 2. The lowest BCUT2D eigenvalue weighted by molar-refractivity contribution is -0.145. The lowest BCUT2D eigenvalue weighted by Crippen LogP contribution is -2.44. The van der Waals surface area contributed by atoms with Gasteiger partial charge in [-0.3, -0.25) is 4.90 Å². The van der Waals surface area contributed by atoms with E-state index >= 15 is 0 Å². The maximum absolute atomic E-state index is 12.9. The number of benzene rings is 1. The molecule has 1 aliphatic heterocycles. The minimum atomic E-state index is -0.804. The van der Waals surface area contributed by atoms with Crippen LogP contribution in [-0.4, -0.2) is 65.4 Å². The third kappa shape index (κ3) is 5.70. The van der Waals surface area contributed by atoms with Gasteiger partial charge in [0.05, 0.1) is 32.0 Å². The summed E-state index contributed by atoms with van der Waals surface area (Å²) in [6.45, 7) is 11.7. The number of pyridine rings is 1. The van der Waals surface area contributed by atoms with E-state index in [2.05, 4.69) is 13.8 Å². The van der Waals surface area contributed by atoms with Crippen molar-refractivity contribution >= 4 is 34.3 Å². The van der Waals surface area contributed by atoms with Gasteiger partial charge in [0.2, 0.25) is 0 Å². The van der Waals surface area contributed by atoms with Crippen LogP contribution >= 0.6 is 11.3 Å². The standard InChI is InChI=1S/C28H35N3O6S/c1-15(2)20-14-38-25(30-20)19-12-23(18-9-10-22(34-7)16(3)24(18)29-19)36-17-11-21(26(32)35-8)31(13-17)27(33)37-28(4,5)6/h9-10,12,14-15,17,21H,11,13H2,1-8H3. The number of ether oxygens (including phenoxy) is 4. The summed E-state index contributed by atoms with van der Waals surface area (Å²) in [6.07, 6.45) is -0.770. The van der Waals surface area contributed by atoms with Gasteiger partial charge >= 0.3 is 12.1 Å². The fourth-order valence-electron chi connectivity index (χ4n) is 4.42. The number of fused-ring (bicyclic) bond motifs is 1. The quantitative estimate of drug-likeness (QED) is 0.365. The molecule has 2 aromatic heterocycles. The van der Waals surface area contributed by atoms with Crippen LogP contribution in [0.25, 0.3) is 21.6 Å². The number of esters is 1. The number of likely N-dealkylation sites (tertiary alicyclic amines) is 1. The third-order valence-corrected chi connectivity index (χ3v) is 7.24. The normalized spacial score (nSPS) is 17.7. The Morgan fingerprint density at radius 3 is 2.47 bits per heavy atom. The lowest BCUT2D eigenvalue weighted by Gasteiger charge is -2.27. The smallest absolute Gasteiger partial charge is 0.411 e. The third-order valence-electron chi connectivity index (χ3n) is 6.36. The first-order valence-electron chi connectivity index (χ1n) is 12.6. The van der Waals surface area contributed by atoms with Crippen molar-refractivity contribution in [3.05, 3.63) is 34.8 Å². The Bertz CT molecular complexity index is 1350. The van der Waals surface area contributed by atoms with E-state index in [-0.39, 0.29) is 13.0 Å². The highest BCUT2D eigenvalue weighted by Gasteiger charge is 2.43. The van der Waals surface area contributed by atoms with E-state index < -0.39 is 29.8 Å². The van der Waals surface area contributed by atoms with Crippen molar-refractivity contribution < 1.29 is 28.5 Å². The monoisotopic (exact) mass is 541 g/mol. The zero-order valence-corrected chi connectivity index (χ0v) is 24.0. The van der Waals surface area contributed by atoms with Gasteiger partial charge in [-0.05, 0) is 45.7 Å². The van der Waals surface area contributed by atoms with Crippen LogP contribution in [0, 0.1) is 6.92 Å². The highest BCUT2D eigenvalue weighted by Crippen LogP contribution is 2.38. The summed E-state index contributed by atoms with van der Waals surface area (Å²) in [4.78, 5) is 36.6. The van der Waals surface area contributed by atoms with Crippen molar-refractivity contribution in [1.29, 1.82) is 0 Å². The van der Waals surface area contributed by atoms with Crippen LogP contribution in [-0.2, 0) is 14.3 Å². The summed E-state index contributed by atoms with van der Waals surface area (Å²) in [5.74, 6) is 1.10. The summed E-state index contributed by atoms with van der Waals surface area (Å²) in [7, 11) is 2.93. The molecule has 9 nitrogen and oxygen atoms in total. The molecule has 3 heterocycles. The zero-order valence-electron chi connectivity index (χ0n) is 23.2. The van der Waals surface area contributed by atoms with E-state index in [0.717, 1.165) is 32.9 Å². The SMILES string of the molecule is COC(=O)C1CC(Oc2cc(-c3nc(C(C)C)cs3)nc3c(C)c(OC)ccc23)CN1C(=O)OC(C)(C)C. The molecule has 0 radical (unpaired) electrons. The molecule has 1 aromatic carbocycles. The first kappa shape index (κ1) is 27.6. The maximum atomic E-state index is 12.9. The van der Waals surface area contributed by atoms with E-state index in [9.17, 15) is 9.59 Å². The molecule has 4 rings (SSSR count). The topological polar surface area (TPSA) is 100 Å². The van der Waals surface area contributed by atoms with E-state index in [1.165, 1.54) is 23.3 Å². The number of rotatable bonds is 6. The average Bonchev–Trinajstić information content (AvgIpc) is 3.51. The number of carbonyl (C=O) groups excluding carboxylic acids is 2. The van der Waals surface area contributed by atoms with Gasteiger partial charge in [0, 0.05) is 28.8 Å². The number of aromatic nitrogens is 2. The van der Waals surface area contributed by atoms with Crippen LogP contribution in [0.15, 0.2) is 23.6 Å². The molecule has 2 atom stereocenters. The second-order valence-electron chi connectivity index (χ2n) is 10.7. The fraction of sp³-hybridized carbons (Fsp3) is 0.500. The number of hydrogen-bond donors (Lipinski definition) is 0. The first-order chi connectivity index (χ1) is 17.9. The molecule has 0 aliphatic carbocycles. The first-order valence-corrected chi connectivity index (χ1v) is 13.5. The Morgan fingerprint density at radius 2 is 1.87 bits per heavy atom. The van der Waals surface area contributed by atoms with Crippen molar-refractivity contribution in [1.82, 2.24) is 14.9 Å². The van der Waals surface area contributed by atoms with Crippen LogP contribution in [0.3, 0.4) is 0 Å². The van der Waals surface area contributed by atoms with E-state index in [4.69, 9.17) is 28.9 Å². The summed E-state index contributed by atoms with van der Waals surface area (Å²) < 4.78 is 22.6. The predicted molar refractivity (Wildman–Crippen MR) is 146 cm³/mol. The van der Waals surface area contributed by atoms with Crippen molar-refractivity contribution in [2.45, 2.75) is 71.6 Å². The molecule has 2 unspecified atom stereocenters. The molecule has 3 aromatic rings. The van der Waals surface area contributed by atoms with Crippen LogP contribution < -0.4 is 9.47 Å². The van der Waals surface area contributed by atoms with Gasteiger partial charge in [-0.25, -0.2) is 19.6 Å². The number of carbonyl (C=O) groups is 2. The van der Waals surface area contributed by atoms with Crippen LogP contribution in [0.5, 0.6) is 11.5 Å². The van der Waals surface area contributed by atoms with E-state index in [0.29, 0.717) is 17.4 Å². The Hall–Kier alpha value is -3.40. The number of hydrogen-bond acceptors (Lipinski definition) is 9. The molecule has 10 heteroatoms. The van der Waals surface area contributed by atoms with Gasteiger partial charge in [-0.1, -0.05) is 13.8 Å². The van der Waals surface area contributed by atoms with Crippen molar-refractivity contribution in [2.75, 3.05) is 20.8 Å². The summed E-state index contributed by atoms with van der Waals surface area (Å²) >= 11 is 1.53. The van der Waals surface area contributed by atoms with Crippen LogP contribution in [0.2, 0.25) is 0 Å². The highest BCUT2D eigenvalue weighted by atomic mass is 32.1. The number of thiazole rings is 1. The Morgan fingerprint density at radius 1 is 1.13 bits per heavy atom. The van der Waals surface area contributed by atoms with Gasteiger partial charge in [0.1, 0.15) is 39.9 Å². The number of amides is 1. The van der Waals surface area contributed by atoms with Crippen LogP contribution in [0.1, 0.15) is 58.2 Å². The predicted octanol–water partition coefficient (Wildman–Crippen LogP) is 5.73. The molecule has 38 heavy (non-hydrogen) atoms. The van der Waals surface area contributed by atoms with Crippen molar-refractivity contribution in [2.24, 2.45) is 0 Å². The number of nitrogens with zero attached hydrogens (tertiary/aromatic N) is 3. The van der Waals surface area contributed by atoms with Gasteiger partial charge in [-0.15, -0.1) is 11.3 Å². The maximum Gasteiger partial charge on any atom is 0.411 e. The van der Waals surface area contributed by atoms with Gasteiger partial charge in [0.25, 0.3) is 0 Å². The van der Waals surface area contributed by atoms with Gasteiger partial charge < -0.3 is 18.9 Å². The molecular formula is C28H35N3O6S. The molecule has 1 amide bonds. The second kappa shape index (κ2) is 10.8. The zero-order chi connectivity index (χ0) is 27.8. The molecule has 0 bridgehead atoms. The van der Waals surface area contributed by atoms with Crippen molar-refractivity contribution in [3.63, 3.8) is 0 Å². The van der Waals surface area contributed by atoms with Crippen molar-refractivity contribution in [3.8, 4) is 22.2 Å². The Kier molecular flexibility index (Phi) is 7.83. The minimum Gasteiger partial charge on any atom is -0.496 e. The molecule has 1 fully saturated rings. The largest absolute Gasteiger partial charge is 0.496 e. The highest BCUT2D eigenvalue weighted by molar-refractivity contribution is 7.13. The molecule has 1 aliphatic rings. The summed E-state index contributed by atoms with van der Waals surface area (Å²) in [5, 5.41) is 3.64. The molecule has 1 saturated heterocycles. The summed E-state index contributed by atoms with van der Waals surface area (Å²) in [5.41, 5.74) is 2.61. The summed E-state index contributed by atoms with van der Waals surface area (Å²) in [6, 6.07) is 4.86. The second-order valence-corrected chi connectivity index (χ2v) is 11.5. The Labute approximate surface area is 227 Å². The average molecular weight is 542 g/mol. The Balaban J connectivity index is 1.73. The molecule has 204 valence electrons. The minimum absolute atomic E-state index is 0.178. The molecular weight excluding hydrogens is 506 g/mol. The fourth-order valence-corrected chi connectivity index (χ4v) is 5.36. The molecule has 0 spiro atoms. The van der Waals surface area contributed by atoms with Gasteiger partial charge in [0.15, 0.2) is 0 Å². The van der Waals surface area contributed by atoms with E-state index in [1.54, 1.807) is 27.9 Å². The number of aryl methyl sites for hydroxylation is 1. The van der Waals surface area contributed by atoms with E-state index in [1.807, 2.05) is 30.5 Å². The van der Waals surface area contributed by atoms with Crippen LogP contribution in [0.4, 0.5) is 4.79 Å². The molecule has 0 saturated carbocycles. The molecule has 0 N–H and O–H groups in total. The van der Waals surface area contributed by atoms with Gasteiger partial charge in [-0.2, -0.15) is 0 Å². The lowest BCUT2D eigenvalue weighted by atomic mass is 10.1.